The van der Waals surface area contributed by atoms with Gasteiger partial charge in [-0.3, -0.25) is 9.59 Å². The fraction of sp³-hybridized carbons (Fsp3) is 0.959. The number of aliphatic hydroxyl groups excluding tert-OH is 1. The number of nitrogens with zero attached hydrogens (tertiary/aromatic N) is 1. The number of ether oxygens (including phenoxy) is 2. The molecule has 6 nitrogen and oxygen atoms in total. The van der Waals surface area contributed by atoms with Gasteiger partial charge in [0.25, 0.3) is 0 Å². The van der Waals surface area contributed by atoms with Gasteiger partial charge in [-0.25, -0.2) is 0 Å². The average molecular weight is 778 g/mol. The van der Waals surface area contributed by atoms with Gasteiger partial charge in [0.15, 0.2) is 0 Å². The average Bonchev–Trinajstić information content (AvgIpc) is 3.95. The fourth-order valence-corrected chi connectivity index (χ4v) is 8.32. The Morgan fingerprint density at radius 3 is 1.67 bits per heavy atom. The van der Waals surface area contributed by atoms with Crippen LogP contribution in [0.25, 0.3) is 0 Å². The van der Waals surface area contributed by atoms with Crippen molar-refractivity contribution >= 4 is 11.9 Å². The van der Waals surface area contributed by atoms with Gasteiger partial charge in [-0.2, -0.15) is 0 Å². The smallest absolute Gasteiger partial charge is 0.311 e. The molecule has 1 aliphatic carbocycles. The lowest BCUT2D eigenvalue weighted by atomic mass is 9.86. The molecule has 0 unspecified atom stereocenters. The molecule has 0 aromatic rings. The van der Waals surface area contributed by atoms with Gasteiger partial charge in [-0.1, -0.05) is 143 Å². The lowest BCUT2D eigenvalue weighted by molar-refractivity contribution is -0.156. The minimum Gasteiger partial charge on any atom is -0.466 e. The van der Waals surface area contributed by atoms with Crippen molar-refractivity contribution < 1.29 is 24.2 Å². The number of rotatable bonds is 42. The van der Waals surface area contributed by atoms with Crippen LogP contribution < -0.4 is 0 Å². The second-order valence-corrected chi connectivity index (χ2v) is 18.5. The number of hydrogen-bond acceptors (Lipinski definition) is 6. The summed E-state index contributed by atoms with van der Waals surface area (Å²) in [4.78, 5) is 28.0. The molecule has 0 aromatic carbocycles. The van der Waals surface area contributed by atoms with Crippen LogP contribution in [0.4, 0.5) is 0 Å². The second kappa shape index (κ2) is 34.9. The number of aliphatic hydroxyl groups is 1. The molecule has 55 heavy (non-hydrogen) atoms. The highest BCUT2D eigenvalue weighted by atomic mass is 16.5. The van der Waals surface area contributed by atoms with Crippen LogP contribution in [0.5, 0.6) is 0 Å². The molecule has 1 saturated carbocycles. The molecule has 326 valence electrons. The summed E-state index contributed by atoms with van der Waals surface area (Å²) in [6, 6.07) is 0. The van der Waals surface area contributed by atoms with E-state index in [1.807, 2.05) is 0 Å². The maximum Gasteiger partial charge on any atom is 0.311 e. The van der Waals surface area contributed by atoms with Crippen LogP contribution in [-0.2, 0) is 19.1 Å². The van der Waals surface area contributed by atoms with Gasteiger partial charge >= 0.3 is 11.9 Å². The summed E-state index contributed by atoms with van der Waals surface area (Å²) in [7, 11) is 0. The van der Waals surface area contributed by atoms with Crippen molar-refractivity contribution in [1.29, 1.82) is 0 Å². The van der Waals surface area contributed by atoms with Crippen molar-refractivity contribution in [1.82, 2.24) is 4.90 Å². The fourth-order valence-electron chi connectivity index (χ4n) is 8.32. The van der Waals surface area contributed by atoms with Gasteiger partial charge in [0.2, 0.25) is 0 Å². The molecule has 0 saturated heterocycles. The van der Waals surface area contributed by atoms with E-state index in [1.54, 1.807) is 0 Å². The first-order valence-electron chi connectivity index (χ1n) is 24.4. The van der Waals surface area contributed by atoms with Crippen LogP contribution in [0.3, 0.4) is 0 Å². The summed E-state index contributed by atoms with van der Waals surface area (Å²) in [5, 5.41) is 9.37. The number of esters is 2. The third-order valence-corrected chi connectivity index (χ3v) is 12.6. The molecular weight excluding hydrogens is 683 g/mol. The van der Waals surface area contributed by atoms with Crippen molar-refractivity contribution in [2.75, 3.05) is 39.5 Å². The topological polar surface area (TPSA) is 76.1 Å². The molecular formula is C49H95NO5. The number of carbonyl (C=O) groups is 2. The quantitative estimate of drug-likeness (QED) is 0.0491. The number of carbonyl (C=O) groups excluding carboxylic acids is 2. The number of hydrogen-bond donors (Lipinski definition) is 1. The van der Waals surface area contributed by atoms with Gasteiger partial charge in [-0.15, -0.1) is 0 Å². The summed E-state index contributed by atoms with van der Waals surface area (Å²) >= 11 is 0. The van der Waals surface area contributed by atoms with Crippen molar-refractivity contribution in [3.8, 4) is 0 Å². The summed E-state index contributed by atoms with van der Waals surface area (Å²) in [6.45, 7) is 15.7. The summed E-state index contributed by atoms with van der Waals surface area (Å²) in [5.41, 5.74) is 0.0653. The highest BCUT2D eigenvalue weighted by Crippen LogP contribution is 2.53. The van der Waals surface area contributed by atoms with Crippen LogP contribution in [0.2, 0.25) is 0 Å². The Hall–Kier alpha value is -1.14. The molecule has 0 bridgehead atoms. The van der Waals surface area contributed by atoms with E-state index in [0.717, 1.165) is 71.0 Å². The molecule has 1 N–H and O–H groups in total. The van der Waals surface area contributed by atoms with Crippen LogP contribution in [0.1, 0.15) is 247 Å². The van der Waals surface area contributed by atoms with Crippen molar-refractivity contribution in [2.24, 2.45) is 16.7 Å². The van der Waals surface area contributed by atoms with E-state index < -0.39 is 5.41 Å². The molecule has 0 heterocycles. The first-order valence-corrected chi connectivity index (χ1v) is 24.4. The molecule has 1 aliphatic rings. The zero-order chi connectivity index (χ0) is 40.3. The van der Waals surface area contributed by atoms with Gasteiger partial charge in [0, 0.05) is 13.0 Å². The van der Waals surface area contributed by atoms with Gasteiger partial charge in [-0.05, 0) is 128 Å². The highest BCUT2D eigenvalue weighted by molar-refractivity contribution is 5.75. The van der Waals surface area contributed by atoms with Crippen LogP contribution in [0.15, 0.2) is 0 Å². The van der Waals surface area contributed by atoms with E-state index in [1.165, 1.54) is 154 Å². The zero-order valence-electron chi connectivity index (χ0n) is 37.7. The molecule has 1 rings (SSSR count). The van der Waals surface area contributed by atoms with Crippen molar-refractivity contribution in [2.45, 2.75) is 247 Å². The second-order valence-electron chi connectivity index (χ2n) is 18.5. The third-order valence-electron chi connectivity index (χ3n) is 12.6. The summed E-state index contributed by atoms with van der Waals surface area (Å²) in [6.07, 6.45) is 39.4. The van der Waals surface area contributed by atoms with E-state index in [4.69, 9.17) is 9.47 Å². The van der Waals surface area contributed by atoms with E-state index in [-0.39, 0.29) is 18.5 Å². The lowest BCUT2D eigenvalue weighted by Crippen LogP contribution is -2.29. The summed E-state index contributed by atoms with van der Waals surface area (Å²) in [5.74, 6) is 0.505. The first kappa shape index (κ1) is 51.9. The molecule has 0 spiro atoms. The van der Waals surface area contributed by atoms with Crippen LogP contribution in [0, 0.1) is 16.7 Å². The first-order chi connectivity index (χ1) is 26.7. The Kier molecular flexibility index (Phi) is 32.9. The molecule has 0 amide bonds. The Bertz CT molecular complexity index is 873. The van der Waals surface area contributed by atoms with E-state index in [2.05, 4.69) is 39.5 Å². The Labute approximate surface area is 342 Å². The van der Waals surface area contributed by atoms with E-state index >= 15 is 0 Å². The number of unbranched alkanes of at least 4 members (excludes halogenated alkanes) is 18. The Morgan fingerprint density at radius 1 is 0.600 bits per heavy atom. The van der Waals surface area contributed by atoms with Gasteiger partial charge in [0.05, 0.1) is 18.6 Å². The maximum absolute atomic E-state index is 13.2. The van der Waals surface area contributed by atoms with E-state index in [9.17, 15) is 14.7 Å². The molecule has 0 aromatic heterocycles. The predicted molar refractivity (Wildman–Crippen MR) is 235 cm³/mol. The van der Waals surface area contributed by atoms with Crippen molar-refractivity contribution in [3.63, 3.8) is 0 Å². The molecule has 6 heteroatoms. The Balaban J connectivity index is 2.31. The van der Waals surface area contributed by atoms with Gasteiger partial charge < -0.3 is 19.5 Å². The summed E-state index contributed by atoms with van der Waals surface area (Å²) < 4.78 is 11.6. The van der Waals surface area contributed by atoms with Crippen molar-refractivity contribution in [3.05, 3.63) is 0 Å². The van der Waals surface area contributed by atoms with Crippen LogP contribution >= 0.6 is 0 Å². The highest BCUT2D eigenvalue weighted by Gasteiger charge is 2.41. The van der Waals surface area contributed by atoms with E-state index in [0.29, 0.717) is 31.0 Å². The largest absolute Gasteiger partial charge is 0.466 e. The SMILES string of the molecule is CCCCCCCCCC(=O)OCCCC1(CCCN(CCCCO)CCCCCCC(C)(C)C(=O)OCC(CCCCCCC)CCCCCCC)CC1. The Morgan fingerprint density at radius 2 is 1.09 bits per heavy atom. The minimum atomic E-state index is -0.420. The van der Waals surface area contributed by atoms with Gasteiger partial charge in [0.1, 0.15) is 0 Å². The standard InChI is InChI=1S/C49H95NO5/c1-6-9-12-15-16-19-24-33-46(52)54-43-30-36-49(37-38-49)35-29-41-50(40-27-28-42-51)39-26-21-20-25-34-48(4,5)47(53)55-44-45(31-22-17-13-10-7-2)32-23-18-14-11-8-3/h45,51H,6-44H2,1-5H3. The molecule has 0 atom stereocenters. The third kappa shape index (κ3) is 29.7. The minimum absolute atomic E-state index is 0.00206. The molecule has 0 radical (unpaired) electrons. The normalized spacial score (nSPS) is 13.9. The molecule has 0 aliphatic heterocycles. The molecule has 1 fully saturated rings. The monoisotopic (exact) mass is 778 g/mol. The lowest BCUT2D eigenvalue weighted by Gasteiger charge is -2.25. The van der Waals surface area contributed by atoms with Crippen LogP contribution in [-0.4, -0.2) is 61.4 Å². The zero-order valence-corrected chi connectivity index (χ0v) is 37.7. The maximum atomic E-state index is 13.2. The predicted octanol–water partition coefficient (Wildman–Crippen LogP) is 13.9.